The van der Waals surface area contributed by atoms with Gasteiger partial charge in [0.05, 0.1) is 12.1 Å². The molecule has 82 valence electrons. The zero-order chi connectivity index (χ0) is 10.7. The lowest BCUT2D eigenvalue weighted by Gasteiger charge is -2.27. The molecule has 15 heavy (non-hydrogen) atoms. The van der Waals surface area contributed by atoms with E-state index < -0.39 is 0 Å². The third kappa shape index (κ3) is 2.60. The van der Waals surface area contributed by atoms with Crippen LogP contribution in [0.25, 0.3) is 0 Å². The van der Waals surface area contributed by atoms with Gasteiger partial charge in [-0.15, -0.1) is 5.10 Å². The highest BCUT2D eigenvalue weighted by Gasteiger charge is 2.28. The molecule has 4 nitrogen and oxygen atoms in total. The van der Waals surface area contributed by atoms with E-state index in [4.69, 9.17) is 4.74 Å². The average molecular weight is 226 g/mol. The first kappa shape index (κ1) is 10.7. The second kappa shape index (κ2) is 4.81. The molecule has 1 aliphatic rings. The predicted octanol–water partition coefficient (Wildman–Crippen LogP) is 1.32. The SMILES string of the molecule is CC1COCCC1C(=O)Cc1csnn1. The second-order valence-electron chi connectivity index (χ2n) is 3.99. The fraction of sp³-hybridized carbons (Fsp3) is 0.700. The van der Waals surface area contributed by atoms with Crippen LogP contribution in [0.2, 0.25) is 0 Å². The molecule has 0 spiro atoms. The molecular weight excluding hydrogens is 212 g/mol. The number of aromatic nitrogens is 2. The summed E-state index contributed by atoms with van der Waals surface area (Å²) >= 11 is 1.29. The van der Waals surface area contributed by atoms with Crippen LogP contribution in [0.1, 0.15) is 19.0 Å². The largest absolute Gasteiger partial charge is 0.381 e. The fourth-order valence-corrected chi connectivity index (χ4v) is 2.38. The topological polar surface area (TPSA) is 52.1 Å². The van der Waals surface area contributed by atoms with Gasteiger partial charge in [-0.25, -0.2) is 0 Å². The number of rotatable bonds is 3. The van der Waals surface area contributed by atoms with Gasteiger partial charge >= 0.3 is 0 Å². The Labute approximate surface area is 92.8 Å². The summed E-state index contributed by atoms with van der Waals surface area (Å²) in [7, 11) is 0. The molecule has 2 unspecified atom stereocenters. The molecule has 1 saturated heterocycles. The molecular formula is C10H14N2O2S. The molecule has 0 bridgehead atoms. The molecule has 5 heteroatoms. The third-order valence-corrected chi connectivity index (χ3v) is 3.37. The highest BCUT2D eigenvalue weighted by Crippen LogP contribution is 2.23. The van der Waals surface area contributed by atoms with Gasteiger partial charge in [0, 0.05) is 24.5 Å². The smallest absolute Gasteiger partial charge is 0.142 e. The first-order chi connectivity index (χ1) is 7.27. The van der Waals surface area contributed by atoms with E-state index in [-0.39, 0.29) is 11.7 Å². The molecule has 2 rings (SSSR count). The molecule has 0 radical (unpaired) electrons. The number of ketones is 1. The minimum absolute atomic E-state index is 0.139. The lowest BCUT2D eigenvalue weighted by Crippen LogP contribution is -2.32. The summed E-state index contributed by atoms with van der Waals surface area (Å²) in [5.74, 6) is 0.747. The number of carbonyl (C=O) groups excluding carboxylic acids is 1. The first-order valence-electron chi connectivity index (χ1n) is 5.13. The van der Waals surface area contributed by atoms with Crippen molar-refractivity contribution in [2.75, 3.05) is 13.2 Å². The van der Waals surface area contributed by atoms with E-state index in [0.717, 1.165) is 12.1 Å². The van der Waals surface area contributed by atoms with Gasteiger partial charge in [-0.3, -0.25) is 4.79 Å². The van der Waals surface area contributed by atoms with Crippen molar-refractivity contribution in [1.29, 1.82) is 0 Å². The van der Waals surface area contributed by atoms with Crippen molar-refractivity contribution >= 4 is 17.3 Å². The van der Waals surface area contributed by atoms with Gasteiger partial charge in [-0.2, -0.15) is 0 Å². The van der Waals surface area contributed by atoms with Crippen LogP contribution >= 0.6 is 11.5 Å². The molecule has 2 heterocycles. The summed E-state index contributed by atoms with van der Waals surface area (Å²) in [5, 5.41) is 5.73. The van der Waals surface area contributed by atoms with Crippen LogP contribution < -0.4 is 0 Å². The maximum atomic E-state index is 12.0. The molecule has 0 N–H and O–H groups in total. The monoisotopic (exact) mass is 226 g/mol. The molecule has 1 fully saturated rings. The van der Waals surface area contributed by atoms with Gasteiger partial charge in [0.15, 0.2) is 0 Å². The molecule has 2 atom stereocenters. The molecule has 0 aromatic carbocycles. The summed E-state index contributed by atoms with van der Waals surface area (Å²) in [6.07, 6.45) is 1.27. The molecule has 0 saturated carbocycles. The van der Waals surface area contributed by atoms with Crippen molar-refractivity contribution in [2.24, 2.45) is 11.8 Å². The molecule has 0 aliphatic carbocycles. The summed E-state index contributed by atoms with van der Waals surface area (Å²) in [6, 6.07) is 0. The van der Waals surface area contributed by atoms with E-state index >= 15 is 0 Å². The highest BCUT2D eigenvalue weighted by atomic mass is 32.1. The third-order valence-electron chi connectivity index (χ3n) is 2.81. The minimum atomic E-state index is 0.139. The Morgan fingerprint density at radius 2 is 2.60 bits per heavy atom. The predicted molar refractivity (Wildman–Crippen MR) is 56.7 cm³/mol. The van der Waals surface area contributed by atoms with Crippen molar-refractivity contribution in [3.63, 3.8) is 0 Å². The Morgan fingerprint density at radius 3 is 3.27 bits per heavy atom. The highest BCUT2D eigenvalue weighted by molar-refractivity contribution is 7.03. The van der Waals surface area contributed by atoms with Crippen LogP contribution in [0.5, 0.6) is 0 Å². The summed E-state index contributed by atoms with van der Waals surface area (Å²) in [5.41, 5.74) is 0.795. The zero-order valence-electron chi connectivity index (χ0n) is 8.68. The van der Waals surface area contributed by atoms with Crippen molar-refractivity contribution in [1.82, 2.24) is 9.59 Å². The number of Topliss-reactive ketones (excluding diaryl/α,β-unsaturated/α-hetero) is 1. The number of ether oxygens (including phenoxy) is 1. The Kier molecular flexibility index (Phi) is 3.43. The lowest BCUT2D eigenvalue weighted by atomic mass is 9.85. The second-order valence-corrected chi connectivity index (χ2v) is 4.60. The van der Waals surface area contributed by atoms with Crippen LogP contribution in [-0.2, 0) is 16.0 Å². The van der Waals surface area contributed by atoms with E-state index in [1.165, 1.54) is 11.5 Å². The van der Waals surface area contributed by atoms with E-state index in [1.54, 1.807) is 0 Å². The van der Waals surface area contributed by atoms with Gasteiger partial charge in [-0.1, -0.05) is 11.4 Å². The first-order valence-corrected chi connectivity index (χ1v) is 5.97. The summed E-state index contributed by atoms with van der Waals surface area (Å²) < 4.78 is 9.07. The molecule has 1 aromatic heterocycles. The van der Waals surface area contributed by atoms with Crippen LogP contribution in [-0.4, -0.2) is 28.6 Å². The van der Waals surface area contributed by atoms with Gasteiger partial charge in [0.2, 0.25) is 0 Å². The lowest BCUT2D eigenvalue weighted by molar-refractivity contribution is -0.127. The van der Waals surface area contributed by atoms with Crippen LogP contribution in [0.4, 0.5) is 0 Å². The fourth-order valence-electron chi connectivity index (χ4n) is 1.93. The quantitative estimate of drug-likeness (QED) is 0.780. The Balaban J connectivity index is 1.95. The van der Waals surface area contributed by atoms with Gasteiger partial charge in [0.1, 0.15) is 5.78 Å². The molecule has 1 aliphatic heterocycles. The zero-order valence-corrected chi connectivity index (χ0v) is 9.50. The average Bonchev–Trinajstić information content (AvgIpc) is 2.71. The van der Waals surface area contributed by atoms with Crippen molar-refractivity contribution < 1.29 is 9.53 Å². The molecule has 1 aromatic rings. The van der Waals surface area contributed by atoms with E-state index in [9.17, 15) is 4.79 Å². The Morgan fingerprint density at radius 1 is 1.73 bits per heavy atom. The van der Waals surface area contributed by atoms with Crippen molar-refractivity contribution in [2.45, 2.75) is 19.8 Å². The van der Waals surface area contributed by atoms with E-state index in [0.29, 0.717) is 25.6 Å². The number of nitrogens with zero attached hydrogens (tertiary/aromatic N) is 2. The minimum Gasteiger partial charge on any atom is -0.381 e. The van der Waals surface area contributed by atoms with Crippen molar-refractivity contribution in [3.05, 3.63) is 11.1 Å². The van der Waals surface area contributed by atoms with E-state index in [1.807, 2.05) is 5.38 Å². The normalized spacial score (nSPS) is 26.5. The summed E-state index contributed by atoms with van der Waals surface area (Å²) in [6.45, 7) is 3.48. The van der Waals surface area contributed by atoms with E-state index in [2.05, 4.69) is 16.5 Å². The Bertz CT molecular complexity index is 326. The molecule has 0 amide bonds. The Hall–Kier alpha value is -0.810. The maximum absolute atomic E-state index is 12.0. The van der Waals surface area contributed by atoms with Crippen molar-refractivity contribution in [3.8, 4) is 0 Å². The van der Waals surface area contributed by atoms with Crippen LogP contribution in [0.3, 0.4) is 0 Å². The standard InChI is InChI=1S/C10H14N2O2S/c1-7-5-14-3-2-9(7)10(13)4-8-6-15-12-11-8/h6-7,9H,2-5H2,1H3. The van der Waals surface area contributed by atoms with Gasteiger partial charge < -0.3 is 4.74 Å². The van der Waals surface area contributed by atoms with Crippen LogP contribution in [0, 0.1) is 11.8 Å². The van der Waals surface area contributed by atoms with Gasteiger partial charge in [-0.05, 0) is 23.9 Å². The maximum Gasteiger partial charge on any atom is 0.142 e. The van der Waals surface area contributed by atoms with Gasteiger partial charge in [0.25, 0.3) is 0 Å². The number of carbonyl (C=O) groups is 1. The van der Waals surface area contributed by atoms with Crippen LogP contribution in [0.15, 0.2) is 5.38 Å². The summed E-state index contributed by atoms with van der Waals surface area (Å²) in [4.78, 5) is 12.0. The number of hydrogen-bond donors (Lipinski definition) is 0. The number of hydrogen-bond acceptors (Lipinski definition) is 5.